The number of nitrogens with zero attached hydrogens (tertiary/aromatic N) is 1. The van der Waals surface area contributed by atoms with Gasteiger partial charge in [0, 0.05) is 5.02 Å². The molecule has 0 aliphatic carbocycles. The molecule has 0 aliphatic rings. The Morgan fingerprint density at radius 2 is 1.82 bits per heavy atom. The van der Waals surface area contributed by atoms with Crippen molar-refractivity contribution in [2.24, 2.45) is 5.16 Å². The molecule has 0 spiro atoms. The highest BCUT2D eigenvalue weighted by molar-refractivity contribution is 6.30. The topological polar surface area (TPSA) is 41.8 Å². The van der Waals surface area contributed by atoms with Crippen molar-refractivity contribution in [2.75, 3.05) is 0 Å². The molecule has 0 unspecified atom stereocenters. The van der Waals surface area contributed by atoms with Crippen LogP contribution in [0.2, 0.25) is 5.02 Å². The van der Waals surface area contributed by atoms with Gasteiger partial charge in [0.25, 0.3) is 0 Å². The summed E-state index contributed by atoms with van der Waals surface area (Å²) in [7, 11) is 0. The lowest BCUT2D eigenvalue weighted by Crippen LogP contribution is -1.85. The second kappa shape index (κ2) is 5.37. The van der Waals surface area contributed by atoms with Crippen LogP contribution in [-0.2, 0) is 0 Å². The van der Waals surface area contributed by atoms with E-state index in [2.05, 4.69) is 5.16 Å². The molecule has 0 heterocycles. The van der Waals surface area contributed by atoms with Crippen LogP contribution in [0.3, 0.4) is 0 Å². The van der Waals surface area contributed by atoms with Crippen molar-refractivity contribution in [3.05, 3.63) is 59.1 Å². The van der Waals surface area contributed by atoms with Crippen molar-refractivity contribution < 1.29 is 9.94 Å². The average molecular weight is 248 g/mol. The van der Waals surface area contributed by atoms with Gasteiger partial charge in [0.15, 0.2) is 0 Å². The quantitative estimate of drug-likeness (QED) is 0.507. The fourth-order valence-electron chi connectivity index (χ4n) is 1.36. The lowest BCUT2D eigenvalue weighted by Gasteiger charge is -2.05. The zero-order valence-electron chi connectivity index (χ0n) is 8.88. The Balaban J connectivity index is 2.13. The van der Waals surface area contributed by atoms with E-state index < -0.39 is 0 Å². The Morgan fingerprint density at radius 1 is 1.06 bits per heavy atom. The van der Waals surface area contributed by atoms with Gasteiger partial charge in [0.1, 0.15) is 11.5 Å². The van der Waals surface area contributed by atoms with E-state index in [4.69, 9.17) is 21.5 Å². The number of hydrogen-bond donors (Lipinski definition) is 1. The van der Waals surface area contributed by atoms with Crippen LogP contribution >= 0.6 is 11.6 Å². The van der Waals surface area contributed by atoms with E-state index in [1.54, 1.807) is 36.4 Å². The number of oxime groups is 1. The molecule has 2 rings (SSSR count). The lowest BCUT2D eigenvalue weighted by molar-refractivity contribution is 0.322. The Hall–Kier alpha value is -2.00. The maximum atomic E-state index is 8.38. The zero-order chi connectivity index (χ0) is 12.1. The maximum absolute atomic E-state index is 8.38. The highest BCUT2D eigenvalue weighted by Gasteiger charge is 1.98. The summed E-state index contributed by atoms with van der Waals surface area (Å²) in [6.45, 7) is 0. The second-order valence-electron chi connectivity index (χ2n) is 3.37. The van der Waals surface area contributed by atoms with Crippen molar-refractivity contribution in [3.63, 3.8) is 0 Å². The summed E-state index contributed by atoms with van der Waals surface area (Å²) >= 11 is 5.85. The van der Waals surface area contributed by atoms with Gasteiger partial charge in [0.2, 0.25) is 0 Å². The van der Waals surface area contributed by atoms with E-state index in [9.17, 15) is 0 Å². The Kier molecular flexibility index (Phi) is 3.62. The summed E-state index contributed by atoms with van der Waals surface area (Å²) in [5, 5.41) is 12.0. The standard InChI is InChI=1S/C13H10ClNO2/c14-11-2-1-3-13(8-11)17-12-6-4-10(5-7-12)9-15-16/h1-9,16H. The van der Waals surface area contributed by atoms with Crippen LogP contribution in [0.15, 0.2) is 53.7 Å². The first-order chi connectivity index (χ1) is 8.28. The Labute approximate surface area is 104 Å². The first-order valence-electron chi connectivity index (χ1n) is 4.99. The zero-order valence-corrected chi connectivity index (χ0v) is 9.63. The van der Waals surface area contributed by atoms with Crippen LogP contribution in [0.5, 0.6) is 11.5 Å². The first kappa shape index (κ1) is 11.5. The summed E-state index contributed by atoms with van der Waals surface area (Å²) in [5.41, 5.74) is 0.797. The number of halogens is 1. The number of benzene rings is 2. The van der Waals surface area contributed by atoms with Gasteiger partial charge in [-0.2, -0.15) is 0 Å². The molecule has 0 atom stereocenters. The number of hydrogen-bond acceptors (Lipinski definition) is 3. The first-order valence-corrected chi connectivity index (χ1v) is 5.36. The van der Waals surface area contributed by atoms with Gasteiger partial charge in [-0.05, 0) is 48.0 Å². The van der Waals surface area contributed by atoms with Crippen LogP contribution in [-0.4, -0.2) is 11.4 Å². The summed E-state index contributed by atoms with van der Waals surface area (Å²) < 4.78 is 5.60. The molecule has 0 fully saturated rings. The van der Waals surface area contributed by atoms with Crippen LogP contribution in [0.25, 0.3) is 0 Å². The van der Waals surface area contributed by atoms with E-state index in [0.717, 1.165) is 5.56 Å². The van der Waals surface area contributed by atoms with Crippen LogP contribution in [0.4, 0.5) is 0 Å². The van der Waals surface area contributed by atoms with Crippen LogP contribution < -0.4 is 4.74 Å². The predicted octanol–water partition coefficient (Wildman–Crippen LogP) is 3.94. The van der Waals surface area contributed by atoms with Crippen molar-refractivity contribution in [1.82, 2.24) is 0 Å². The molecule has 2 aromatic rings. The van der Waals surface area contributed by atoms with E-state index in [1.807, 2.05) is 12.1 Å². The number of ether oxygens (including phenoxy) is 1. The summed E-state index contributed by atoms with van der Waals surface area (Å²) in [6, 6.07) is 14.3. The highest BCUT2D eigenvalue weighted by Crippen LogP contribution is 2.23. The molecule has 3 nitrogen and oxygen atoms in total. The molecule has 0 saturated carbocycles. The third-order valence-electron chi connectivity index (χ3n) is 2.12. The average Bonchev–Trinajstić information content (AvgIpc) is 2.32. The molecule has 86 valence electrons. The molecule has 17 heavy (non-hydrogen) atoms. The van der Waals surface area contributed by atoms with E-state index in [0.29, 0.717) is 16.5 Å². The van der Waals surface area contributed by atoms with E-state index >= 15 is 0 Å². The molecule has 0 amide bonds. The van der Waals surface area contributed by atoms with Gasteiger partial charge in [-0.1, -0.05) is 22.8 Å². The normalized spacial score (nSPS) is 10.6. The largest absolute Gasteiger partial charge is 0.457 e. The highest BCUT2D eigenvalue weighted by atomic mass is 35.5. The molecule has 4 heteroatoms. The van der Waals surface area contributed by atoms with Crippen molar-refractivity contribution >= 4 is 17.8 Å². The summed E-state index contributed by atoms with van der Waals surface area (Å²) in [6.07, 6.45) is 1.35. The van der Waals surface area contributed by atoms with Gasteiger partial charge in [-0.3, -0.25) is 0 Å². The lowest BCUT2D eigenvalue weighted by atomic mass is 10.2. The van der Waals surface area contributed by atoms with Gasteiger partial charge < -0.3 is 9.94 Å². The third-order valence-corrected chi connectivity index (χ3v) is 2.35. The van der Waals surface area contributed by atoms with Gasteiger partial charge in [-0.15, -0.1) is 0 Å². The van der Waals surface area contributed by atoms with Gasteiger partial charge in [-0.25, -0.2) is 0 Å². The molecule has 2 aromatic carbocycles. The molecular weight excluding hydrogens is 238 g/mol. The fourth-order valence-corrected chi connectivity index (χ4v) is 1.54. The molecule has 0 saturated heterocycles. The van der Waals surface area contributed by atoms with Crippen LogP contribution in [0, 0.1) is 0 Å². The number of rotatable bonds is 3. The van der Waals surface area contributed by atoms with Gasteiger partial charge in [0.05, 0.1) is 6.21 Å². The van der Waals surface area contributed by atoms with E-state index in [1.165, 1.54) is 6.21 Å². The molecule has 0 radical (unpaired) electrons. The molecule has 0 aliphatic heterocycles. The fraction of sp³-hybridized carbons (Fsp3) is 0. The Morgan fingerprint density at radius 3 is 2.47 bits per heavy atom. The molecule has 0 aromatic heterocycles. The van der Waals surface area contributed by atoms with Crippen molar-refractivity contribution in [1.29, 1.82) is 0 Å². The minimum atomic E-state index is 0.631. The second-order valence-corrected chi connectivity index (χ2v) is 3.81. The maximum Gasteiger partial charge on any atom is 0.128 e. The molecular formula is C13H10ClNO2. The minimum Gasteiger partial charge on any atom is -0.457 e. The van der Waals surface area contributed by atoms with Crippen LogP contribution in [0.1, 0.15) is 5.56 Å². The van der Waals surface area contributed by atoms with E-state index in [-0.39, 0.29) is 0 Å². The summed E-state index contributed by atoms with van der Waals surface area (Å²) in [4.78, 5) is 0. The molecule has 0 bridgehead atoms. The third kappa shape index (κ3) is 3.23. The molecule has 1 N–H and O–H groups in total. The monoisotopic (exact) mass is 247 g/mol. The SMILES string of the molecule is ON=Cc1ccc(Oc2cccc(Cl)c2)cc1. The van der Waals surface area contributed by atoms with Gasteiger partial charge >= 0.3 is 0 Å². The summed E-state index contributed by atoms with van der Waals surface area (Å²) in [5.74, 6) is 1.38. The van der Waals surface area contributed by atoms with Crippen molar-refractivity contribution in [2.45, 2.75) is 0 Å². The Bertz CT molecular complexity index is 523. The predicted molar refractivity (Wildman–Crippen MR) is 67.3 cm³/mol. The minimum absolute atomic E-state index is 0.631. The van der Waals surface area contributed by atoms with Crippen molar-refractivity contribution in [3.8, 4) is 11.5 Å². The smallest absolute Gasteiger partial charge is 0.128 e.